The second-order valence-corrected chi connectivity index (χ2v) is 7.22. The summed E-state index contributed by atoms with van der Waals surface area (Å²) in [4.78, 5) is 18.6. The third kappa shape index (κ3) is 7.12. The van der Waals surface area contributed by atoms with E-state index >= 15 is 0 Å². The van der Waals surface area contributed by atoms with Gasteiger partial charge in [0, 0.05) is 31.8 Å². The highest BCUT2D eigenvalue weighted by molar-refractivity contribution is 5.76. The number of aryl methyl sites for hydroxylation is 2. The minimum atomic E-state index is 0.0285. The van der Waals surface area contributed by atoms with Gasteiger partial charge in [0.2, 0.25) is 11.8 Å². The predicted octanol–water partition coefficient (Wildman–Crippen LogP) is 2.44. The first-order valence-corrected chi connectivity index (χ1v) is 8.50. The number of amides is 1. The average Bonchev–Trinajstić information content (AvgIpc) is 2.85. The molecule has 1 rings (SSSR count). The molecule has 0 aromatic carbocycles. The normalized spacial score (nSPS) is 13.3. The molecule has 0 fully saturated rings. The van der Waals surface area contributed by atoms with Crippen molar-refractivity contribution in [1.82, 2.24) is 20.4 Å². The summed E-state index contributed by atoms with van der Waals surface area (Å²) < 4.78 is 5.18. The average molecular weight is 324 g/mol. The van der Waals surface area contributed by atoms with Gasteiger partial charge in [0.05, 0.1) is 0 Å². The smallest absolute Gasteiger partial charge is 0.226 e. The van der Waals surface area contributed by atoms with Crippen molar-refractivity contribution in [3.8, 4) is 0 Å². The van der Waals surface area contributed by atoms with E-state index in [4.69, 9.17) is 4.52 Å². The summed E-state index contributed by atoms with van der Waals surface area (Å²) in [6.07, 6.45) is 3.69. The molecule has 1 amide bonds. The van der Waals surface area contributed by atoms with E-state index in [2.05, 4.69) is 48.1 Å². The molecule has 1 aromatic heterocycles. The summed E-state index contributed by atoms with van der Waals surface area (Å²) in [5, 5.41) is 7.03. The van der Waals surface area contributed by atoms with Crippen molar-refractivity contribution in [2.75, 3.05) is 20.6 Å². The van der Waals surface area contributed by atoms with Crippen molar-refractivity contribution in [3.05, 3.63) is 11.7 Å². The van der Waals surface area contributed by atoms with Crippen LogP contribution in [0.3, 0.4) is 0 Å². The zero-order chi connectivity index (χ0) is 17.5. The van der Waals surface area contributed by atoms with Crippen LogP contribution >= 0.6 is 0 Å². The lowest BCUT2D eigenvalue weighted by molar-refractivity contribution is -0.122. The van der Waals surface area contributed by atoms with E-state index in [1.54, 1.807) is 0 Å². The highest BCUT2D eigenvalue weighted by atomic mass is 16.5. The Balaban J connectivity index is 2.33. The van der Waals surface area contributed by atoms with Gasteiger partial charge in [-0.25, -0.2) is 0 Å². The van der Waals surface area contributed by atoms with E-state index < -0.39 is 0 Å². The summed E-state index contributed by atoms with van der Waals surface area (Å²) in [5.41, 5.74) is 0.0285. The van der Waals surface area contributed by atoms with Gasteiger partial charge in [-0.3, -0.25) is 4.79 Å². The molecule has 0 aliphatic carbocycles. The molecule has 1 aromatic rings. The number of aromatic nitrogens is 2. The third-order valence-electron chi connectivity index (χ3n) is 4.05. The van der Waals surface area contributed by atoms with Crippen molar-refractivity contribution in [2.24, 2.45) is 5.41 Å². The van der Waals surface area contributed by atoms with Gasteiger partial charge in [0.1, 0.15) is 0 Å². The molecule has 0 aliphatic rings. The molecule has 0 saturated carbocycles. The SMILES string of the molecule is CCCc1noc(CCCC(=O)N[C@@H](C)C(C)(C)CN(C)C)n1. The molecule has 0 aliphatic heterocycles. The molecule has 23 heavy (non-hydrogen) atoms. The molecule has 0 spiro atoms. The third-order valence-corrected chi connectivity index (χ3v) is 4.05. The van der Waals surface area contributed by atoms with E-state index in [-0.39, 0.29) is 17.4 Å². The number of hydrogen-bond acceptors (Lipinski definition) is 5. The largest absolute Gasteiger partial charge is 0.353 e. The summed E-state index contributed by atoms with van der Waals surface area (Å²) in [6.45, 7) is 9.42. The van der Waals surface area contributed by atoms with Crippen LogP contribution in [0.15, 0.2) is 4.52 Å². The maximum absolute atomic E-state index is 12.1. The Hall–Kier alpha value is -1.43. The Morgan fingerprint density at radius 3 is 2.65 bits per heavy atom. The molecule has 6 nitrogen and oxygen atoms in total. The first-order valence-electron chi connectivity index (χ1n) is 8.50. The lowest BCUT2D eigenvalue weighted by atomic mass is 9.85. The van der Waals surface area contributed by atoms with Gasteiger partial charge in [0.15, 0.2) is 5.82 Å². The summed E-state index contributed by atoms with van der Waals surface area (Å²) in [5.74, 6) is 1.46. The molecule has 132 valence electrons. The van der Waals surface area contributed by atoms with E-state index in [0.717, 1.165) is 31.6 Å². The van der Waals surface area contributed by atoms with Gasteiger partial charge in [-0.05, 0) is 39.3 Å². The standard InChI is InChI=1S/C17H32N4O2/c1-7-9-14-19-16(23-20-14)11-8-10-15(22)18-13(2)17(3,4)12-21(5)6/h13H,7-12H2,1-6H3,(H,18,22)/t13-/m0/s1. The molecule has 6 heteroatoms. The van der Waals surface area contributed by atoms with Gasteiger partial charge >= 0.3 is 0 Å². The Kier molecular flexibility index (Phi) is 7.68. The topological polar surface area (TPSA) is 71.3 Å². The minimum Gasteiger partial charge on any atom is -0.353 e. The maximum Gasteiger partial charge on any atom is 0.226 e. The van der Waals surface area contributed by atoms with Crippen LogP contribution < -0.4 is 5.32 Å². The molecule has 1 N–H and O–H groups in total. The number of nitrogens with zero attached hydrogens (tertiary/aromatic N) is 3. The zero-order valence-corrected chi connectivity index (χ0v) is 15.5. The Morgan fingerprint density at radius 1 is 1.35 bits per heavy atom. The van der Waals surface area contributed by atoms with E-state index in [0.29, 0.717) is 18.7 Å². The number of carbonyl (C=O) groups excluding carboxylic acids is 1. The fraction of sp³-hybridized carbons (Fsp3) is 0.824. The molecule has 0 unspecified atom stereocenters. The van der Waals surface area contributed by atoms with Crippen molar-refractivity contribution in [1.29, 1.82) is 0 Å². The van der Waals surface area contributed by atoms with E-state index in [9.17, 15) is 4.79 Å². The molecule has 0 bridgehead atoms. The van der Waals surface area contributed by atoms with Crippen molar-refractivity contribution in [2.45, 2.75) is 65.8 Å². The molecular formula is C17H32N4O2. The maximum atomic E-state index is 12.1. The second kappa shape index (κ2) is 9.01. The number of carbonyl (C=O) groups is 1. The Morgan fingerprint density at radius 2 is 2.04 bits per heavy atom. The number of hydrogen-bond donors (Lipinski definition) is 1. The van der Waals surface area contributed by atoms with Crippen LogP contribution in [-0.4, -0.2) is 47.6 Å². The Bertz CT molecular complexity index is 483. The van der Waals surface area contributed by atoms with Crippen LogP contribution in [-0.2, 0) is 17.6 Å². The molecule has 1 heterocycles. The summed E-state index contributed by atoms with van der Waals surface area (Å²) >= 11 is 0. The summed E-state index contributed by atoms with van der Waals surface area (Å²) in [7, 11) is 4.10. The first-order chi connectivity index (χ1) is 10.7. The molecule has 1 atom stereocenters. The van der Waals surface area contributed by atoms with Crippen LogP contribution in [0.2, 0.25) is 0 Å². The highest BCUT2D eigenvalue weighted by Crippen LogP contribution is 2.21. The van der Waals surface area contributed by atoms with Crippen LogP contribution in [0, 0.1) is 5.41 Å². The fourth-order valence-corrected chi connectivity index (χ4v) is 2.58. The zero-order valence-electron chi connectivity index (χ0n) is 15.5. The lowest BCUT2D eigenvalue weighted by Gasteiger charge is -2.34. The van der Waals surface area contributed by atoms with Gasteiger partial charge in [-0.2, -0.15) is 4.98 Å². The van der Waals surface area contributed by atoms with Gasteiger partial charge in [-0.1, -0.05) is 25.9 Å². The lowest BCUT2D eigenvalue weighted by Crippen LogP contribution is -2.47. The minimum absolute atomic E-state index is 0.0285. The monoisotopic (exact) mass is 324 g/mol. The van der Waals surface area contributed by atoms with Gasteiger partial charge < -0.3 is 14.7 Å². The van der Waals surface area contributed by atoms with Crippen LogP contribution in [0.4, 0.5) is 0 Å². The summed E-state index contributed by atoms with van der Waals surface area (Å²) in [6, 6.07) is 0.122. The van der Waals surface area contributed by atoms with E-state index in [1.807, 2.05) is 14.1 Å². The highest BCUT2D eigenvalue weighted by Gasteiger charge is 2.27. The Labute approximate surface area is 140 Å². The van der Waals surface area contributed by atoms with Crippen LogP contribution in [0.5, 0.6) is 0 Å². The van der Waals surface area contributed by atoms with Crippen molar-refractivity contribution in [3.63, 3.8) is 0 Å². The number of rotatable bonds is 10. The van der Waals surface area contributed by atoms with Crippen molar-refractivity contribution < 1.29 is 9.32 Å². The second-order valence-electron chi connectivity index (χ2n) is 7.22. The van der Waals surface area contributed by atoms with Crippen molar-refractivity contribution >= 4 is 5.91 Å². The molecule has 0 radical (unpaired) electrons. The number of nitrogens with one attached hydrogen (secondary N) is 1. The fourth-order valence-electron chi connectivity index (χ4n) is 2.58. The molecule has 0 saturated heterocycles. The van der Waals surface area contributed by atoms with Gasteiger partial charge in [0.25, 0.3) is 0 Å². The quantitative estimate of drug-likeness (QED) is 0.716. The van der Waals surface area contributed by atoms with E-state index in [1.165, 1.54) is 0 Å². The van der Waals surface area contributed by atoms with Gasteiger partial charge in [-0.15, -0.1) is 0 Å². The van der Waals surface area contributed by atoms with Crippen LogP contribution in [0.25, 0.3) is 0 Å². The predicted molar refractivity (Wildman–Crippen MR) is 91.2 cm³/mol. The first kappa shape index (κ1) is 19.6. The molecular weight excluding hydrogens is 292 g/mol. The van der Waals surface area contributed by atoms with Crippen LogP contribution in [0.1, 0.15) is 58.7 Å².